The molecule has 0 bridgehead atoms. The monoisotopic (exact) mass is 273 g/mol. The van der Waals surface area contributed by atoms with Gasteiger partial charge in [-0.25, -0.2) is 4.79 Å². The van der Waals surface area contributed by atoms with E-state index in [4.69, 9.17) is 9.52 Å². The highest BCUT2D eigenvalue weighted by Crippen LogP contribution is 2.06. The van der Waals surface area contributed by atoms with E-state index < -0.39 is 5.97 Å². The Morgan fingerprint density at radius 1 is 1.20 bits per heavy atom. The van der Waals surface area contributed by atoms with Gasteiger partial charge in [-0.2, -0.15) is 0 Å². The van der Waals surface area contributed by atoms with E-state index in [0.717, 1.165) is 11.3 Å². The predicted molar refractivity (Wildman–Crippen MR) is 72.3 cm³/mol. The van der Waals surface area contributed by atoms with E-state index in [0.29, 0.717) is 19.4 Å². The molecule has 5 nitrogen and oxygen atoms in total. The summed E-state index contributed by atoms with van der Waals surface area (Å²) in [6.07, 6.45) is 2.46. The summed E-state index contributed by atoms with van der Waals surface area (Å²) in [5.74, 6) is -0.300. The van der Waals surface area contributed by atoms with Gasteiger partial charge in [-0.05, 0) is 29.8 Å². The Kier molecular flexibility index (Phi) is 4.55. The Hall–Kier alpha value is -2.56. The van der Waals surface area contributed by atoms with Crippen molar-refractivity contribution in [1.29, 1.82) is 0 Å². The van der Waals surface area contributed by atoms with Crippen molar-refractivity contribution in [1.82, 2.24) is 5.32 Å². The third kappa shape index (κ3) is 3.98. The molecule has 1 amide bonds. The predicted octanol–water partition coefficient (Wildman–Crippen LogP) is 2.23. The minimum absolute atomic E-state index is 0.0953. The van der Waals surface area contributed by atoms with E-state index in [2.05, 4.69) is 5.32 Å². The number of carbonyl (C=O) groups excluding carboxylic acids is 1. The van der Waals surface area contributed by atoms with Crippen LogP contribution in [0.5, 0.6) is 0 Å². The number of carbonyl (C=O) groups is 2. The van der Waals surface area contributed by atoms with Crippen LogP contribution in [0.3, 0.4) is 0 Å². The molecule has 0 radical (unpaired) electrons. The fourth-order valence-electron chi connectivity index (χ4n) is 1.79. The van der Waals surface area contributed by atoms with Gasteiger partial charge in [0, 0.05) is 19.4 Å². The zero-order valence-corrected chi connectivity index (χ0v) is 10.8. The number of aromatic carboxylic acids is 1. The standard InChI is InChI=1S/C15H15NO4/c17-14(7-6-13-5-2-8-20-13)16-10-11-3-1-4-12(9-11)15(18)19/h1-5,8-9H,6-7,10H2,(H,16,17)(H,18,19). The lowest BCUT2D eigenvalue weighted by molar-refractivity contribution is -0.121. The molecule has 0 unspecified atom stereocenters. The van der Waals surface area contributed by atoms with Crippen molar-refractivity contribution in [2.45, 2.75) is 19.4 Å². The number of hydrogen-bond acceptors (Lipinski definition) is 3. The van der Waals surface area contributed by atoms with Crippen molar-refractivity contribution in [3.63, 3.8) is 0 Å². The average Bonchev–Trinajstić information content (AvgIpc) is 2.96. The Morgan fingerprint density at radius 2 is 2.05 bits per heavy atom. The third-order valence-corrected chi connectivity index (χ3v) is 2.84. The van der Waals surface area contributed by atoms with E-state index in [9.17, 15) is 9.59 Å². The molecule has 0 fully saturated rings. The van der Waals surface area contributed by atoms with Crippen LogP contribution in [0.1, 0.15) is 28.1 Å². The summed E-state index contributed by atoms with van der Waals surface area (Å²) in [7, 11) is 0. The van der Waals surface area contributed by atoms with Crippen molar-refractivity contribution >= 4 is 11.9 Å². The number of aryl methyl sites for hydroxylation is 1. The van der Waals surface area contributed by atoms with E-state index in [1.54, 1.807) is 30.5 Å². The molecule has 0 atom stereocenters. The topological polar surface area (TPSA) is 79.5 Å². The van der Waals surface area contributed by atoms with Crippen LogP contribution in [0.25, 0.3) is 0 Å². The summed E-state index contributed by atoms with van der Waals surface area (Å²) in [5, 5.41) is 11.6. The first-order valence-electron chi connectivity index (χ1n) is 6.26. The van der Waals surface area contributed by atoms with E-state index in [1.165, 1.54) is 6.07 Å². The van der Waals surface area contributed by atoms with Crippen molar-refractivity contribution in [2.75, 3.05) is 0 Å². The summed E-state index contributed by atoms with van der Waals surface area (Å²) in [4.78, 5) is 22.5. The first-order chi connectivity index (χ1) is 9.65. The lowest BCUT2D eigenvalue weighted by Gasteiger charge is -2.05. The largest absolute Gasteiger partial charge is 0.478 e. The maximum absolute atomic E-state index is 11.7. The molecular weight excluding hydrogens is 258 g/mol. The van der Waals surface area contributed by atoms with Crippen LogP contribution < -0.4 is 5.32 Å². The lowest BCUT2D eigenvalue weighted by atomic mass is 10.1. The molecule has 0 aliphatic heterocycles. The second-order valence-corrected chi connectivity index (χ2v) is 4.36. The number of benzene rings is 1. The van der Waals surface area contributed by atoms with Crippen molar-refractivity contribution in [3.05, 3.63) is 59.5 Å². The number of carboxylic acid groups (broad SMARTS) is 1. The Balaban J connectivity index is 1.81. The van der Waals surface area contributed by atoms with E-state index in [1.807, 2.05) is 6.07 Å². The highest BCUT2D eigenvalue weighted by Gasteiger charge is 2.06. The van der Waals surface area contributed by atoms with Crippen LogP contribution in [0, 0.1) is 0 Å². The quantitative estimate of drug-likeness (QED) is 0.845. The molecule has 20 heavy (non-hydrogen) atoms. The van der Waals surface area contributed by atoms with Gasteiger partial charge in [-0.1, -0.05) is 12.1 Å². The number of carboxylic acids is 1. The lowest BCUT2D eigenvalue weighted by Crippen LogP contribution is -2.23. The average molecular weight is 273 g/mol. The summed E-state index contributed by atoms with van der Waals surface area (Å²) in [6.45, 7) is 0.318. The maximum atomic E-state index is 11.7. The molecule has 104 valence electrons. The molecule has 2 aromatic rings. The fraction of sp³-hybridized carbons (Fsp3) is 0.200. The first kappa shape index (κ1) is 13.9. The van der Waals surface area contributed by atoms with Gasteiger partial charge in [0.05, 0.1) is 11.8 Å². The molecule has 1 aromatic heterocycles. The Morgan fingerprint density at radius 3 is 2.75 bits per heavy atom. The summed E-state index contributed by atoms with van der Waals surface area (Å²) >= 11 is 0. The third-order valence-electron chi connectivity index (χ3n) is 2.84. The van der Waals surface area contributed by atoms with Crippen LogP contribution in [-0.4, -0.2) is 17.0 Å². The number of nitrogens with one attached hydrogen (secondary N) is 1. The van der Waals surface area contributed by atoms with Gasteiger partial charge < -0.3 is 14.8 Å². The van der Waals surface area contributed by atoms with Crippen LogP contribution in [0.15, 0.2) is 47.1 Å². The molecular formula is C15H15NO4. The highest BCUT2D eigenvalue weighted by atomic mass is 16.4. The van der Waals surface area contributed by atoms with Gasteiger partial charge >= 0.3 is 5.97 Å². The highest BCUT2D eigenvalue weighted by molar-refractivity contribution is 5.87. The van der Waals surface area contributed by atoms with Crippen molar-refractivity contribution in [3.8, 4) is 0 Å². The molecule has 5 heteroatoms. The number of furan rings is 1. The summed E-state index contributed by atoms with van der Waals surface area (Å²) < 4.78 is 5.14. The Bertz CT molecular complexity index is 590. The number of rotatable bonds is 6. The molecule has 0 spiro atoms. The number of hydrogen-bond donors (Lipinski definition) is 2. The summed E-state index contributed by atoms with van der Waals surface area (Å²) in [6, 6.07) is 10.1. The van der Waals surface area contributed by atoms with Gasteiger partial charge in [0.2, 0.25) is 5.91 Å². The minimum atomic E-state index is -0.976. The smallest absolute Gasteiger partial charge is 0.335 e. The molecule has 0 saturated heterocycles. The fourth-order valence-corrected chi connectivity index (χ4v) is 1.79. The van der Waals surface area contributed by atoms with Gasteiger partial charge in [0.25, 0.3) is 0 Å². The number of amides is 1. The van der Waals surface area contributed by atoms with E-state index >= 15 is 0 Å². The second-order valence-electron chi connectivity index (χ2n) is 4.36. The van der Waals surface area contributed by atoms with Crippen LogP contribution in [-0.2, 0) is 17.8 Å². The molecule has 0 aliphatic rings. The van der Waals surface area contributed by atoms with Crippen LogP contribution in [0.4, 0.5) is 0 Å². The molecule has 1 heterocycles. The van der Waals surface area contributed by atoms with Gasteiger partial charge in [-0.3, -0.25) is 4.79 Å². The van der Waals surface area contributed by atoms with Crippen molar-refractivity contribution < 1.29 is 19.1 Å². The SMILES string of the molecule is O=C(CCc1ccco1)NCc1cccc(C(=O)O)c1. The normalized spacial score (nSPS) is 10.2. The van der Waals surface area contributed by atoms with E-state index in [-0.39, 0.29) is 11.5 Å². The van der Waals surface area contributed by atoms with Gasteiger partial charge in [0.1, 0.15) is 5.76 Å². The molecule has 0 aliphatic carbocycles. The van der Waals surface area contributed by atoms with Crippen LogP contribution in [0.2, 0.25) is 0 Å². The molecule has 1 aromatic carbocycles. The minimum Gasteiger partial charge on any atom is -0.478 e. The maximum Gasteiger partial charge on any atom is 0.335 e. The molecule has 2 rings (SSSR count). The zero-order valence-electron chi connectivity index (χ0n) is 10.8. The first-order valence-corrected chi connectivity index (χ1v) is 6.26. The van der Waals surface area contributed by atoms with Gasteiger partial charge in [-0.15, -0.1) is 0 Å². The molecule has 0 saturated carbocycles. The molecule has 2 N–H and O–H groups in total. The Labute approximate surface area is 116 Å². The zero-order chi connectivity index (χ0) is 14.4. The summed E-state index contributed by atoms with van der Waals surface area (Å²) in [5.41, 5.74) is 0.976. The van der Waals surface area contributed by atoms with Crippen LogP contribution >= 0.6 is 0 Å². The van der Waals surface area contributed by atoms with Gasteiger partial charge in [0.15, 0.2) is 0 Å². The second kappa shape index (κ2) is 6.56. The van der Waals surface area contributed by atoms with Crippen molar-refractivity contribution in [2.24, 2.45) is 0 Å².